The van der Waals surface area contributed by atoms with Crippen LogP contribution in [0.3, 0.4) is 0 Å². The maximum atomic E-state index is 2.29. The maximum Gasteiger partial charge on any atom is 0.00412 e. The van der Waals surface area contributed by atoms with Gasteiger partial charge in [-0.25, -0.2) is 0 Å². The van der Waals surface area contributed by atoms with Crippen LogP contribution in [0.1, 0.15) is 84.0 Å². The lowest BCUT2D eigenvalue weighted by Gasteiger charge is -2.02. The van der Waals surface area contributed by atoms with Gasteiger partial charge in [0.05, 0.1) is 0 Å². The maximum absolute atomic E-state index is 2.29. The molecule has 16 heavy (non-hydrogen) atoms. The van der Waals surface area contributed by atoms with E-state index in [0.717, 1.165) is 0 Å². The second kappa shape index (κ2) is 15.4. The molecule has 0 aliphatic heterocycles. The predicted octanol–water partition coefficient (Wildman–Crippen LogP) is 3.56. The third kappa shape index (κ3) is 14.4. The van der Waals surface area contributed by atoms with E-state index in [0.29, 0.717) is 9.04 Å². The molecule has 0 bridgehead atoms. The molecule has 0 fully saturated rings. The van der Waals surface area contributed by atoms with Crippen LogP contribution in [0.25, 0.3) is 0 Å². The van der Waals surface area contributed by atoms with Crippen LogP contribution in [0.15, 0.2) is 0 Å². The van der Waals surface area contributed by atoms with Gasteiger partial charge in [0.25, 0.3) is 0 Å². The number of rotatable bonds is 13. The minimum absolute atomic E-state index is 0.495. The Morgan fingerprint density at radius 1 is 0.625 bits per heavy atom. The van der Waals surface area contributed by atoms with Gasteiger partial charge in [0, 0.05) is 9.04 Å². The van der Waals surface area contributed by atoms with E-state index < -0.39 is 0 Å². The molecule has 0 aliphatic rings. The van der Waals surface area contributed by atoms with Crippen molar-refractivity contribution in [3.05, 3.63) is 0 Å². The topological polar surface area (TPSA) is 0 Å². The van der Waals surface area contributed by atoms with Gasteiger partial charge >= 0.3 is 0 Å². The summed E-state index contributed by atoms with van der Waals surface area (Å²) in [5.41, 5.74) is 0. The summed E-state index contributed by atoms with van der Waals surface area (Å²) < 4.78 is 0. The van der Waals surface area contributed by atoms with E-state index in [1.54, 1.807) is 22.2 Å². The van der Waals surface area contributed by atoms with Crippen molar-refractivity contribution >= 4 is 18.8 Å². The van der Waals surface area contributed by atoms with Crippen molar-refractivity contribution in [2.45, 2.75) is 90.0 Å². The summed E-state index contributed by atoms with van der Waals surface area (Å²) >= 11 is 0. The van der Waals surface area contributed by atoms with Gasteiger partial charge in [-0.05, 0) is 9.76 Å². The summed E-state index contributed by atoms with van der Waals surface area (Å²) in [7, 11) is 2.04. The quantitative estimate of drug-likeness (QED) is 0.350. The average molecular weight is 259 g/mol. The van der Waals surface area contributed by atoms with Gasteiger partial charge in [-0.2, -0.15) is 0 Å². The van der Waals surface area contributed by atoms with E-state index in [1.807, 2.05) is 0 Å². The smallest absolute Gasteiger partial charge is 0.00412 e. The molecule has 98 valence electrons. The summed E-state index contributed by atoms with van der Waals surface area (Å²) in [6.45, 7) is 2.29. The van der Waals surface area contributed by atoms with Crippen molar-refractivity contribution in [2.75, 3.05) is 0 Å². The van der Waals surface area contributed by atoms with Gasteiger partial charge in [-0.3, -0.25) is 0 Å². The zero-order chi connectivity index (χ0) is 11.9. The summed E-state index contributed by atoms with van der Waals surface area (Å²) in [6.07, 6.45) is 17.9. The molecule has 0 saturated carbocycles. The molecule has 0 aliphatic carbocycles. The first-order chi connectivity index (χ1) is 7.91. The molecule has 0 unspecified atom stereocenters. The van der Waals surface area contributed by atoms with E-state index >= 15 is 0 Å². The number of unbranched alkanes of at least 4 members (excludes halogenated alkanes) is 11. The highest BCUT2D eigenvalue weighted by molar-refractivity contribution is 6.89. The molecule has 0 aromatic carbocycles. The second-order valence-electron chi connectivity index (χ2n) is 5.24. The standard InChI is InChI=1S/C14H34Si2/c1-2-3-4-5-6-7-8-9-10-11-12-13-14-16-15/h2-14,16H2,1,15H3. The SMILES string of the molecule is CCCCCCCCCCCCCC[SiH2][SiH3]. The van der Waals surface area contributed by atoms with Crippen LogP contribution < -0.4 is 0 Å². The molecule has 0 radical (unpaired) electrons. The Balaban J connectivity index is 2.83. The predicted molar refractivity (Wildman–Crippen MR) is 84.4 cm³/mol. The highest BCUT2D eigenvalue weighted by Gasteiger charge is 1.92. The Hall–Kier alpha value is 0.434. The molecule has 0 N–H and O–H groups in total. The molecule has 0 aromatic heterocycles. The van der Waals surface area contributed by atoms with Crippen LogP contribution in [0.2, 0.25) is 6.04 Å². The fourth-order valence-electron chi connectivity index (χ4n) is 2.27. The third-order valence-corrected chi connectivity index (χ3v) is 6.79. The molecule has 2 heteroatoms. The van der Waals surface area contributed by atoms with Crippen LogP contribution >= 0.6 is 0 Å². The third-order valence-electron chi connectivity index (χ3n) is 3.46. The van der Waals surface area contributed by atoms with Crippen molar-refractivity contribution in [3.63, 3.8) is 0 Å². The van der Waals surface area contributed by atoms with Crippen LogP contribution in [0, 0.1) is 0 Å². The Kier molecular flexibility index (Phi) is 15.9. The highest BCUT2D eigenvalue weighted by Crippen LogP contribution is 2.12. The van der Waals surface area contributed by atoms with Gasteiger partial charge in [-0.15, -0.1) is 0 Å². The van der Waals surface area contributed by atoms with E-state index in [4.69, 9.17) is 0 Å². The molecule has 0 amide bonds. The second-order valence-corrected chi connectivity index (χ2v) is 9.95. The average Bonchev–Trinajstić information content (AvgIpc) is 2.31. The Bertz CT molecular complexity index is 101. The molecular weight excluding hydrogens is 224 g/mol. The summed E-state index contributed by atoms with van der Waals surface area (Å²) in [5.74, 6) is 0. The first-order valence-electron chi connectivity index (χ1n) is 7.91. The van der Waals surface area contributed by atoms with E-state index in [2.05, 4.69) is 6.92 Å². The molecule has 0 heterocycles. The fourth-order valence-corrected chi connectivity index (χ4v) is 4.62. The van der Waals surface area contributed by atoms with Gasteiger partial charge < -0.3 is 0 Å². The Morgan fingerprint density at radius 3 is 1.38 bits per heavy atom. The van der Waals surface area contributed by atoms with E-state index in [1.165, 1.54) is 70.6 Å². The van der Waals surface area contributed by atoms with Crippen molar-refractivity contribution < 1.29 is 0 Å². The number of hydrogen-bond acceptors (Lipinski definition) is 0. The lowest BCUT2D eigenvalue weighted by atomic mass is 10.1. The van der Waals surface area contributed by atoms with Crippen molar-refractivity contribution in [1.29, 1.82) is 0 Å². The van der Waals surface area contributed by atoms with Gasteiger partial charge in [-0.1, -0.05) is 90.0 Å². The summed E-state index contributed by atoms with van der Waals surface area (Å²) in [6, 6.07) is 1.64. The van der Waals surface area contributed by atoms with Crippen LogP contribution in [-0.2, 0) is 0 Å². The van der Waals surface area contributed by atoms with Crippen molar-refractivity contribution in [2.24, 2.45) is 0 Å². The molecule has 0 rings (SSSR count). The van der Waals surface area contributed by atoms with Crippen LogP contribution in [-0.4, -0.2) is 18.8 Å². The number of hydrogen-bond donors (Lipinski definition) is 0. The van der Waals surface area contributed by atoms with Gasteiger partial charge in [0.2, 0.25) is 0 Å². The van der Waals surface area contributed by atoms with Gasteiger partial charge in [0.15, 0.2) is 0 Å². The minimum Gasteiger partial charge on any atom is -0.0655 e. The Labute approximate surface area is 109 Å². The van der Waals surface area contributed by atoms with E-state index in [9.17, 15) is 0 Å². The molecule has 0 saturated heterocycles. The largest absolute Gasteiger partial charge is 0.0655 e. The van der Waals surface area contributed by atoms with Gasteiger partial charge in [0.1, 0.15) is 0 Å². The molecular formula is C14H34Si2. The van der Waals surface area contributed by atoms with Crippen molar-refractivity contribution in [1.82, 2.24) is 0 Å². The lowest BCUT2D eigenvalue weighted by molar-refractivity contribution is 0.548. The lowest BCUT2D eigenvalue weighted by Crippen LogP contribution is -1.87. The molecule has 0 spiro atoms. The zero-order valence-corrected chi connectivity index (χ0v) is 15.3. The van der Waals surface area contributed by atoms with E-state index in [-0.39, 0.29) is 0 Å². The fraction of sp³-hybridized carbons (Fsp3) is 1.00. The molecule has 0 aromatic rings. The molecule has 0 nitrogen and oxygen atoms in total. The minimum atomic E-state index is 0.495. The highest BCUT2D eigenvalue weighted by atomic mass is 29.1. The molecule has 0 atom stereocenters. The first kappa shape index (κ1) is 16.4. The monoisotopic (exact) mass is 258 g/mol. The Morgan fingerprint density at radius 2 is 1.00 bits per heavy atom. The zero-order valence-electron chi connectivity index (χ0n) is 11.9. The summed E-state index contributed by atoms with van der Waals surface area (Å²) in [4.78, 5) is 0. The summed E-state index contributed by atoms with van der Waals surface area (Å²) in [5, 5.41) is 0. The van der Waals surface area contributed by atoms with Crippen LogP contribution in [0.5, 0.6) is 0 Å². The first-order valence-corrected chi connectivity index (χ1v) is 14.6. The normalized spacial score (nSPS) is 11.8. The van der Waals surface area contributed by atoms with Crippen LogP contribution in [0.4, 0.5) is 0 Å². The van der Waals surface area contributed by atoms with Crippen molar-refractivity contribution in [3.8, 4) is 0 Å².